The number of hydrogen-bond acceptors (Lipinski definition) is 6. The van der Waals surface area contributed by atoms with Gasteiger partial charge in [-0.3, -0.25) is 9.52 Å². The summed E-state index contributed by atoms with van der Waals surface area (Å²) in [5, 5.41) is 2.73. The highest BCUT2D eigenvalue weighted by Crippen LogP contribution is 2.32. The van der Waals surface area contributed by atoms with E-state index in [-0.39, 0.29) is 17.4 Å². The first-order valence-electron chi connectivity index (χ1n) is 10.9. The predicted octanol–water partition coefficient (Wildman–Crippen LogP) is 4.40. The SMILES string of the molecule is CC(C)c1cccc(OCC(=O)Nc2ccc(NS(=O)(=O)c3ccc4c(c3)OCCO4)cc2)c1. The Morgan fingerprint density at radius 2 is 1.65 bits per heavy atom. The topological polar surface area (TPSA) is 103 Å². The van der Waals surface area contributed by atoms with Crippen LogP contribution in [-0.4, -0.2) is 34.1 Å². The zero-order chi connectivity index (χ0) is 24.1. The lowest BCUT2D eigenvalue weighted by Gasteiger charge is -2.19. The number of hydrogen-bond donors (Lipinski definition) is 2. The van der Waals surface area contributed by atoms with E-state index in [0.717, 1.165) is 5.56 Å². The molecule has 1 heterocycles. The second-order valence-corrected chi connectivity index (χ2v) is 9.73. The van der Waals surface area contributed by atoms with E-state index in [1.54, 1.807) is 30.3 Å². The van der Waals surface area contributed by atoms with Crippen molar-refractivity contribution in [1.82, 2.24) is 0 Å². The molecule has 0 unspecified atom stereocenters. The smallest absolute Gasteiger partial charge is 0.262 e. The Balaban J connectivity index is 1.34. The van der Waals surface area contributed by atoms with Crippen LogP contribution in [0.5, 0.6) is 17.2 Å². The summed E-state index contributed by atoms with van der Waals surface area (Å²) in [4.78, 5) is 12.3. The van der Waals surface area contributed by atoms with Crippen LogP contribution < -0.4 is 24.2 Å². The van der Waals surface area contributed by atoms with E-state index in [9.17, 15) is 13.2 Å². The number of benzene rings is 3. The Morgan fingerprint density at radius 1 is 0.941 bits per heavy atom. The minimum absolute atomic E-state index is 0.0628. The number of anilines is 2. The van der Waals surface area contributed by atoms with Crippen LogP contribution in [0, 0.1) is 0 Å². The monoisotopic (exact) mass is 482 g/mol. The van der Waals surface area contributed by atoms with Gasteiger partial charge in [-0.25, -0.2) is 8.42 Å². The second kappa shape index (κ2) is 10.0. The average Bonchev–Trinajstić information content (AvgIpc) is 2.83. The number of carbonyl (C=O) groups excluding carboxylic acids is 1. The van der Waals surface area contributed by atoms with Crippen molar-refractivity contribution in [2.45, 2.75) is 24.7 Å². The summed E-state index contributed by atoms with van der Waals surface area (Å²) >= 11 is 0. The zero-order valence-corrected chi connectivity index (χ0v) is 19.7. The molecule has 0 aromatic heterocycles. The molecule has 0 saturated carbocycles. The quantitative estimate of drug-likeness (QED) is 0.493. The lowest BCUT2D eigenvalue weighted by atomic mass is 10.0. The van der Waals surface area contributed by atoms with Gasteiger partial charge in [0, 0.05) is 17.4 Å². The van der Waals surface area contributed by atoms with Crippen molar-refractivity contribution >= 4 is 27.3 Å². The van der Waals surface area contributed by atoms with Crippen molar-refractivity contribution in [3.8, 4) is 17.2 Å². The largest absolute Gasteiger partial charge is 0.486 e. The standard InChI is InChI=1S/C25H26N2O6S/c1-17(2)18-4-3-5-21(14-18)33-16-25(28)26-19-6-8-20(9-7-19)27-34(29,30)22-10-11-23-24(15-22)32-13-12-31-23/h3-11,14-15,17,27H,12-13,16H2,1-2H3,(H,26,28). The van der Waals surface area contributed by atoms with E-state index in [1.807, 2.05) is 24.3 Å². The van der Waals surface area contributed by atoms with Crippen molar-refractivity contribution in [2.24, 2.45) is 0 Å². The number of carbonyl (C=O) groups is 1. The maximum absolute atomic E-state index is 12.7. The summed E-state index contributed by atoms with van der Waals surface area (Å²) in [6.45, 7) is 4.84. The molecule has 1 aliphatic heterocycles. The summed E-state index contributed by atoms with van der Waals surface area (Å²) in [5.74, 6) is 1.58. The third-order valence-electron chi connectivity index (χ3n) is 5.14. The molecule has 0 aliphatic carbocycles. The van der Waals surface area contributed by atoms with Gasteiger partial charge in [0.25, 0.3) is 15.9 Å². The highest BCUT2D eigenvalue weighted by molar-refractivity contribution is 7.92. The Bertz CT molecular complexity index is 1270. The fraction of sp³-hybridized carbons (Fsp3) is 0.240. The molecule has 1 amide bonds. The van der Waals surface area contributed by atoms with Crippen LogP contribution in [0.15, 0.2) is 71.6 Å². The minimum atomic E-state index is -3.82. The van der Waals surface area contributed by atoms with Gasteiger partial charge in [-0.1, -0.05) is 26.0 Å². The molecule has 178 valence electrons. The van der Waals surface area contributed by atoms with Crippen molar-refractivity contribution in [2.75, 3.05) is 29.9 Å². The molecular weight excluding hydrogens is 456 g/mol. The van der Waals surface area contributed by atoms with E-state index in [4.69, 9.17) is 14.2 Å². The molecule has 1 aliphatic rings. The van der Waals surface area contributed by atoms with Gasteiger partial charge in [0.1, 0.15) is 19.0 Å². The molecule has 0 atom stereocenters. The molecule has 0 saturated heterocycles. The fourth-order valence-corrected chi connectivity index (χ4v) is 4.41. The Labute approximate surface area is 198 Å². The van der Waals surface area contributed by atoms with Crippen molar-refractivity contribution in [1.29, 1.82) is 0 Å². The van der Waals surface area contributed by atoms with Gasteiger partial charge in [0.15, 0.2) is 18.1 Å². The van der Waals surface area contributed by atoms with Crippen molar-refractivity contribution in [3.63, 3.8) is 0 Å². The van der Waals surface area contributed by atoms with Gasteiger partial charge in [-0.2, -0.15) is 0 Å². The van der Waals surface area contributed by atoms with Crippen molar-refractivity contribution < 1.29 is 27.4 Å². The normalized spacial score (nSPS) is 12.8. The zero-order valence-electron chi connectivity index (χ0n) is 18.9. The number of rotatable bonds is 8. The summed E-state index contributed by atoms with van der Waals surface area (Å²) in [6.07, 6.45) is 0. The molecule has 0 spiro atoms. The first kappa shape index (κ1) is 23.4. The molecule has 3 aromatic carbocycles. The molecule has 0 radical (unpaired) electrons. The summed E-state index contributed by atoms with van der Waals surface area (Å²) in [6, 6.07) is 18.5. The van der Waals surface area contributed by atoms with Gasteiger partial charge in [0.2, 0.25) is 0 Å². The van der Waals surface area contributed by atoms with E-state index in [2.05, 4.69) is 23.9 Å². The van der Waals surface area contributed by atoms with Crippen LogP contribution in [0.1, 0.15) is 25.3 Å². The van der Waals surface area contributed by atoms with Gasteiger partial charge in [0.05, 0.1) is 4.90 Å². The Hall–Kier alpha value is -3.72. The van der Waals surface area contributed by atoms with E-state index in [0.29, 0.717) is 47.8 Å². The van der Waals surface area contributed by atoms with Crippen LogP contribution in [-0.2, 0) is 14.8 Å². The Kier molecular flexibility index (Phi) is 6.93. The Morgan fingerprint density at radius 3 is 2.38 bits per heavy atom. The molecule has 9 heteroatoms. The van der Waals surface area contributed by atoms with Crippen LogP contribution in [0.3, 0.4) is 0 Å². The number of ether oxygens (including phenoxy) is 3. The van der Waals surface area contributed by atoms with Gasteiger partial charge >= 0.3 is 0 Å². The fourth-order valence-electron chi connectivity index (χ4n) is 3.34. The summed E-state index contributed by atoms with van der Waals surface area (Å²) < 4.78 is 44.5. The minimum Gasteiger partial charge on any atom is -0.486 e. The lowest BCUT2D eigenvalue weighted by Crippen LogP contribution is -2.20. The number of amides is 1. The second-order valence-electron chi connectivity index (χ2n) is 8.05. The van der Waals surface area contributed by atoms with E-state index >= 15 is 0 Å². The van der Waals surface area contributed by atoms with Gasteiger partial charge < -0.3 is 19.5 Å². The number of nitrogens with one attached hydrogen (secondary N) is 2. The average molecular weight is 483 g/mol. The van der Waals surface area contributed by atoms with Crippen LogP contribution in [0.4, 0.5) is 11.4 Å². The molecular formula is C25H26N2O6S. The molecule has 2 N–H and O–H groups in total. The molecule has 0 bridgehead atoms. The first-order valence-corrected chi connectivity index (χ1v) is 12.3. The third kappa shape index (κ3) is 5.79. The molecule has 8 nitrogen and oxygen atoms in total. The highest BCUT2D eigenvalue weighted by atomic mass is 32.2. The van der Waals surface area contributed by atoms with Crippen LogP contribution in [0.25, 0.3) is 0 Å². The molecule has 34 heavy (non-hydrogen) atoms. The predicted molar refractivity (Wildman–Crippen MR) is 129 cm³/mol. The van der Waals surface area contributed by atoms with Gasteiger partial charge in [-0.05, 0) is 60.0 Å². The number of fused-ring (bicyclic) bond motifs is 1. The van der Waals surface area contributed by atoms with E-state index < -0.39 is 10.0 Å². The number of sulfonamides is 1. The van der Waals surface area contributed by atoms with Gasteiger partial charge in [-0.15, -0.1) is 0 Å². The first-order chi connectivity index (χ1) is 16.3. The highest BCUT2D eigenvalue weighted by Gasteiger charge is 2.19. The summed E-state index contributed by atoms with van der Waals surface area (Å²) in [5.41, 5.74) is 2.01. The third-order valence-corrected chi connectivity index (χ3v) is 6.52. The lowest BCUT2D eigenvalue weighted by molar-refractivity contribution is -0.118. The summed E-state index contributed by atoms with van der Waals surface area (Å²) in [7, 11) is -3.82. The van der Waals surface area contributed by atoms with E-state index in [1.165, 1.54) is 12.1 Å². The maximum Gasteiger partial charge on any atom is 0.262 e. The molecule has 3 aromatic rings. The molecule has 0 fully saturated rings. The van der Waals surface area contributed by atoms with Crippen LogP contribution in [0.2, 0.25) is 0 Å². The molecule has 4 rings (SSSR count). The van der Waals surface area contributed by atoms with Crippen molar-refractivity contribution in [3.05, 3.63) is 72.3 Å². The maximum atomic E-state index is 12.7. The van der Waals surface area contributed by atoms with Crippen LogP contribution >= 0.6 is 0 Å².